The predicted molar refractivity (Wildman–Crippen MR) is 139 cm³/mol. The average Bonchev–Trinajstić information content (AvgIpc) is 3.19. The van der Waals surface area contributed by atoms with Gasteiger partial charge in [-0.05, 0) is 55.9 Å². The summed E-state index contributed by atoms with van der Waals surface area (Å²) in [6, 6.07) is 19.5. The molecule has 1 atom stereocenters. The lowest BCUT2D eigenvalue weighted by atomic mass is 9.83. The molecule has 0 radical (unpaired) electrons. The number of nitrogens with zero attached hydrogens (tertiary/aromatic N) is 4. The van der Waals surface area contributed by atoms with Gasteiger partial charge in [0.15, 0.2) is 5.54 Å². The summed E-state index contributed by atoms with van der Waals surface area (Å²) < 4.78 is 5.87. The number of piperazine rings is 1. The van der Waals surface area contributed by atoms with Crippen LogP contribution in [0.1, 0.15) is 29.2 Å². The van der Waals surface area contributed by atoms with Crippen molar-refractivity contribution in [3.8, 4) is 11.9 Å². The molecule has 1 fully saturated rings. The number of carbonyl (C=O) groups excluding carboxylic acids is 1. The zero-order valence-corrected chi connectivity index (χ0v) is 20.6. The molecule has 8 heteroatoms. The van der Waals surface area contributed by atoms with Crippen LogP contribution in [0.15, 0.2) is 60.8 Å². The fourth-order valence-corrected chi connectivity index (χ4v) is 5.08. The first-order valence-corrected chi connectivity index (χ1v) is 12.3. The Balaban J connectivity index is 1.59. The van der Waals surface area contributed by atoms with Crippen LogP contribution < -0.4 is 20.3 Å². The number of carbonyl (C=O) groups is 1. The van der Waals surface area contributed by atoms with Crippen molar-refractivity contribution in [2.45, 2.75) is 19.0 Å². The lowest BCUT2D eigenvalue weighted by molar-refractivity contribution is -0.120. The van der Waals surface area contributed by atoms with Gasteiger partial charge in [0.1, 0.15) is 0 Å². The molecular weight excluding hydrogens is 452 g/mol. The maximum absolute atomic E-state index is 13.8. The third kappa shape index (κ3) is 4.17. The van der Waals surface area contributed by atoms with Crippen LogP contribution in [0, 0.1) is 11.3 Å². The summed E-state index contributed by atoms with van der Waals surface area (Å²) in [5.41, 5.74) is 3.46. The number of hydrogen-bond acceptors (Lipinski definition) is 7. The van der Waals surface area contributed by atoms with Gasteiger partial charge in [-0.15, -0.1) is 0 Å². The van der Waals surface area contributed by atoms with E-state index in [0.29, 0.717) is 41.4 Å². The summed E-state index contributed by atoms with van der Waals surface area (Å²) >= 11 is 0. The molecule has 0 aliphatic carbocycles. The van der Waals surface area contributed by atoms with Crippen molar-refractivity contribution in [1.82, 2.24) is 15.2 Å². The molecule has 36 heavy (non-hydrogen) atoms. The molecule has 2 aliphatic heterocycles. The monoisotopic (exact) mass is 482 g/mol. The number of ether oxygens (including phenoxy) is 1. The predicted octanol–water partition coefficient (Wildman–Crippen LogP) is 3.09. The van der Waals surface area contributed by atoms with Crippen LogP contribution in [0.25, 0.3) is 0 Å². The molecule has 8 nitrogen and oxygen atoms in total. The lowest BCUT2D eigenvalue weighted by Gasteiger charge is -2.36. The van der Waals surface area contributed by atoms with E-state index in [2.05, 4.69) is 56.7 Å². The number of nitriles is 1. The molecule has 2 N–H and O–H groups in total. The second kappa shape index (κ2) is 9.97. The van der Waals surface area contributed by atoms with Gasteiger partial charge >= 0.3 is 0 Å². The average molecular weight is 483 g/mol. The van der Waals surface area contributed by atoms with Crippen molar-refractivity contribution in [2.75, 3.05) is 50.1 Å². The van der Waals surface area contributed by atoms with E-state index in [1.165, 1.54) is 0 Å². The quantitative estimate of drug-likeness (QED) is 0.535. The van der Waals surface area contributed by atoms with Crippen LogP contribution in [0.2, 0.25) is 0 Å². The highest BCUT2D eigenvalue weighted by Crippen LogP contribution is 2.44. The molecule has 2 aliphatic rings. The normalized spacial score (nSPS) is 19.5. The highest BCUT2D eigenvalue weighted by molar-refractivity contribution is 6.08. The molecule has 1 aromatic heterocycles. The van der Waals surface area contributed by atoms with Crippen molar-refractivity contribution in [2.24, 2.45) is 0 Å². The van der Waals surface area contributed by atoms with Gasteiger partial charge in [0, 0.05) is 61.4 Å². The number of rotatable bonds is 7. The fraction of sp³-hybridized carbons (Fsp3) is 0.321. The summed E-state index contributed by atoms with van der Waals surface area (Å²) in [6.45, 7) is 6.65. The SMILES string of the molecule is CCOc1ncccc1C1(NCc2ccccc2N2CCN(C)CC2)C(=O)Nc2ccc(C#N)cc21. The molecule has 5 rings (SSSR count). The Bertz CT molecular complexity index is 1310. The maximum atomic E-state index is 13.8. The van der Waals surface area contributed by atoms with Crippen LogP contribution >= 0.6 is 0 Å². The second-order valence-electron chi connectivity index (χ2n) is 9.14. The molecule has 1 amide bonds. The maximum Gasteiger partial charge on any atom is 0.254 e. The van der Waals surface area contributed by atoms with E-state index < -0.39 is 5.54 Å². The topological polar surface area (TPSA) is 93.5 Å². The van der Waals surface area contributed by atoms with Crippen LogP contribution in [-0.4, -0.2) is 55.6 Å². The Kier molecular flexibility index (Phi) is 6.59. The van der Waals surface area contributed by atoms with Crippen LogP contribution in [0.3, 0.4) is 0 Å². The van der Waals surface area contributed by atoms with Gasteiger partial charge in [0.2, 0.25) is 5.88 Å². The Labute approximate surface area is 211 Å². The number of likely N-dealkylation sites (N-methyl/N-ethyl adjacent to an activating group) is 1. The van der Waals surface area contributed by atoms with E-state index in [1.54, 1.807) is 30.5 Å². The molecule has 2 aromatic carbocycles. The van der Waals surface area contributed by atoms with Crippen molar-refractivity contribution in [3.63, 3.8) is 0 Å². The molecule has 0 saturated carbocycles. The van der Waals surface area contributed by atoms with E-state index >= 15 is 0 Å². The van der Waals surface area contributed by atoms with Crippen molar-refractivity contribution in [1.29, 1.82) is 5.26 Å². The third-order valence-electron chi connectivity index (χ3n) is 6.98. The molecule has 3 heterocycles. The highest BCUT2D eigenvalue weighted by atomic mass is 16.5. The van der Waals surface area contributed by atoms with Gasteiger partial charge in [-0.25, -0.2) is 4.98 Å². The van der Waals surface area contributed by atoms with Gasteiger partial charge in [-0.2, -0.15) is 5.26 Å². The zero-order valence-electron chi connectivity index (χ0n) is 20.6. The number of pyridine rings is 1. The molecule has 0 bridgehead atoms. The third-order valence-corrected chi connectivity index (χ3v) is 6.98. The van der Waals surface area contributed by atoms with E-state index in [4.69, 9.17) is 4.74 Å². The summed E-state index contributed by atoms with van der Waals surface area (Å²) in [4.78, 5) is 23.0. The fourth-order valence-electron chi connectivity index (χ4n) is 5.08. The number of para-hydroxylation sites is 1. The minimum atomic E-state index is -1.27. The number of anilines is 2. The molecule has 184 valence electrons. The minimum Gasteiger partial charge on any atom is -0.478 e. The summed E-state index contributed by atoms with van der Waals surface area (Å²) in [5, 5.41) is 16.2. The van der Waals surface area contributed by atoms with E-state index in [-0.39, 0.29) is 5.91 Å². The highest BCUT2D eigenvalue weighted by Gasteiger charge is 2.50. The van der Waals surface area contributed by atoms with Crippen LogP contribution in [0.4, 0.5) is 11.4 Å². The van der Waals surface area contributed by atoms with Crippen molar-refractivity contribution < 1.29 is 9.53 Å². The molecule has 1 unspecified atom stereocenters. The van der Waals surface area contributed by atoms with Gasteiger partial charge in [0.25, 0.3) is 5.91 Å². The first-order valence-electron chi connectivity index (χ1n) is 12.3. The lowest BCUT2D eigenvalue weighted by Crippen LogP contribution is -2.49. The zero-order chi connectivity index (χ0) is 25.1. The first-order chi connectivity index (χ1) is 17.6. The van der Waals surface area contributed by atoms with Gasteiger partial charge in [-0.1, -0.05) is 18.2 Å². The van der Waals surface area contributed by atoms with E-state index in [0.717, 1.165) is 37.4 Å². The number of amides is 1. The molecule has 1 saturated heterocycles. The smallest absolute Gasteiger partial charge is 0.254 e. The number of aromatic nitrogens is 1. The van der Waals surface area contributed by atoms with Crippen LogP contribution in [0.5, 0.6) is 5.88 Å². The standard InChI is InChI=1S/C28H30N6O2/c1-3-36-26-22(8-6-12-30-26)28(23-17-20(18-29)10-11-24(23)32-27(28)35)31-19-21-7-4-5-9-25(21)34-15-13-33(2)14-16-34/h4-12,17,31H,3,13-16,19H2,1-2H3,(H,32,35). The number of benzene rings is 2. The Morgan fingerprint density at radius 1 is 1.11 bits per heavy atom. The van der Waals surface area contributed by atoms with Gasteiger partial charge in [-0.3, -0.25) is 10.1 Å². The van der Waals surface area contributed by atoms with Crippen molar-refractivity contribution in [3.05, 3.63) is 83.0 Å². The number of fused-ring (bicyclic) bond motifs is 1. The second-order valence-corrected chi connectivity index (χ2v) is 9.14. The largest absolute Gasteiger partial charge is 0.478 e. The molecule has 0 spiro atoms. The number of hydrogen-bond donors (Lipinski definition) is 2. The Morgan fingerprint density at radius 3 is 2.69 bits per heavy atom. The summed E-state index contributed by atoms with van der Waals surface area (Å²) in [7, 11) is 2.14. The summed E-state index contributed by atoms with van der Waals surface area (Å²) in [5.74, 6) is 0.170. The molecule has 3 aromatic rings. The van der Waals surface area contributed by atoms with Gasteiger partial charge in [0.05, 0.1) is 18.2 Å². The Morgan fingerprint density at radius 2 is 1.92 bits per heavy atom. The number of nitrogens with one attached hydrogen (secondary N) is 2. The molecular formula is C28H30N6O2. The minimum absolute atomic E-state index is 0.223. The van der Waals surface area contributed by atoms with Crippen LogP contribution in [-0.2, 0) is 16.9 Å². The van der Waals surface area contributed by atoms with E-state index in [9.17, 15) is 10.1 Å². The summed E-state index contributed by atoms with van der Waals surface area (Å²) in [6.07, 6.45) is 1.66. The first kappa shape index (κ1) is 23.8. The Hall–Kier alpha value is -3.93. The van der Waals surface area contributed by atoms with Crippen molar-refractivity contribution >= 4 is 17.3 Å². The van der Waals surface area contributed by atoms with Gasteiger partial charge < -0.3 is 19.9 Å². The van der Waals surface area contributed by atoms with E-state index in [1.807, 2.05) is 19.1 Å².